The molecule has 1 rings (SSSR count). The van der Waals surface area contributed by atoms with Crippen molar-refractivity contribution in [1.29, 1.82) is 5.26 Å². The lowest BCUT2D eigenvalue weighted by atomic mass is 9.72. The molecular weight excluding hydrogens is 135 g/mol. The first-order valence-corrected chi connectivity index (χ1v) is 3.63. The van der Waals surface area contributed by atoms with Crippen molar-refractivity contribution in [3.63, 3.8) is 0 Å². The molecule has 1 aromatic rings. The van der Waals surface area contributed by atoms with Gasteiger partial charge in [-0.3, -0.25) is 4.98 Å². The summed E-state index contributed by atoms with van der Waals surface area (Å²) in [4.78, 5) is 4.10. The fraction of sp³-hybridized carbons (Fsp3) is 0.250. The zero-order chi connectivity index (χ0) is 8.27. The Morgan fingerprint density at radius 3 is 2.91 bits per heavy atom. The third-order valence-corrected chi connectivity index (χ3v) is 1.70. The minimum atomic E-state index is 0.646. The highest BCUT2D eigenvalue weighted by Gasteiger charge is 1.98. The summed E-state index contributed by atoms with van der Waals surface area (Å²) in [6, 6.07) is 3.96. The van der Waals surface area contributed by atoms with E-state index in [9.17, 15) is 0 Å². The molecule has 0 aliphatic heterocycles. The minimum Gasteiger partial charge on any atom is -0.261 e. The molecule has 0 spiro atoms. The van der Waals surface area contributed by atoms with Gasteiger partial charge in [0.15, 0.2) is 7.28 Å². The van der Waals surface area contributed by atoms with E-state index in [0.717, 1.165) is 18.4 Å². The quantitative estimate of drug-likeness (QED) is 0.534. The number of pyridine rings is 1. The first-order valence-electron chi connectivity index (χ1n) is 3.63. The monoisotopic (exact) mass is 144 g/mol. The van der Waals surface area contributed by atoms with E-state index in [0.29, 0.717) is 5.56 Å². The van der Waals surface area contributed by atoms with Crippen LogP contribution in [-0.2, 0) is 0 Å². The lowest BCUT2D eigenvalue weighted by Gasteiger charge is -1.99. The SMILES string of the molecule is CBc1cc(C#N)cnc1C. The predicted octanol–water partition coefficient (Wildman–Crippen LogP) is 0.372. The van der Waals surface area contributed by atoms with Gasteiger partial charge in [0.05, 0.1) is 5.56 Å². The van der Waals surface area contributed by atoms with E-state index in [1.807, 2.05) is 13.0 Å². The summed E-state index contributed by atoms with van der Waals surface area (Å²) in [5, 5.41) is 8.56. The molecule has 54 valence electrons. The van der Waals surface area contributed by atoms with E-state index in [4.69, 9.17) is 5.26 Å². The second-order valence-corrected chi connectivity index (χ2v) is 2.43. The number of rotatable bonds is 1. The number of nitrogens with zero attached hydrogens (tertiary/aromatic N) is 2. The molecular formula is C8H9BN2. The first-order chi connectivity index (χ1) is 5.27. The zero-order valence-corrected chi connectivity index (χ0v) is 6.76. The van der Waals surface area contributed by atoms with E-state index in [1.54, 1.807) is 6.20 Å². The predicted molar refractivity (Wildman–Crippen MR) is 46.3 cm³/mol. The number of hydrogen-bond donors (Lipinski definition) is 0. The Hall–Kier alpha value is -1.30. The molecule has 0 atom stereocenters. The summed E-state index contributed by atoms with van der Waals surface area (Å²) in [7, 11) is 0.939. The van der Waals surface area contributed by atoms with Crippen molar-refractivity contribution < 1.29 is 0 Å². The number of aromatic nitrogens is 1. The number of hydrogen-bond acceptors (Lipinski definition) is 2. The normalized spacial score (nSPS) is 8.82. The summed E-state index contributed by atoms with van der Waals surface area (Å²) >= 11 is 0. The fourth-order valence-corrected chi connectivity index (χ4v) is 0.998. The van der Waals surface area contributed by atoms with E-state index in [-0.39, 0.29) is 0 Å². The van der Waals surface area contributed by atoms with Gasteiger partial charge in [0, 0.05) is 11.9 Å². The Kier molecular flexibility index (Phi) is 2.27. The third kappa shape index (κ3) is 1.59. The topological polar surface area (TPSA) is 36.7 Å². The van der Waals surface area contributed by atoms with E-state index < -0.39 is 0 Å². The van der Waals surface area contributed by atoms with Crippen LogP contribution in [0.25, 0.3) is 0 Å². The van der Waals surface area contributed by atoms with Crippen LogP contribution in [0, 0.1) is 18.3 Å². The molecule has 0 fully saturated rings. The second kappa shape index (κ2) is 3.20. The molecule has 0 saturated heterocycles. The number of aryl methyl sites for hydroxylation is 1. The van der Waals surface area contributed by atoms with Gasteiger partial charge < -0.3 is 0 Å². The summed E-state index contributed by atoms with van der Waals surface area (Å²) < 4.78 is 0. The molecule has 2 nitrogen and oxygen atoms in total. The van der Waals surface area contributed by atoms with Gasteiger partial charge in [-0.15, -0.1) is 0 Å². The van der Waals surface area contributed by atoms with Crippen molar-refractivity contribution in [3.8, 4) is 6.07 Å². The molecule has 0 amide bonds. The summed E-state index contributed by atoms with van der Waals surface area (Å²) in [5.74, 6) is 0. The summed E-state index contributed by atoms with van der Waals surface area (Å²) in [5.41, 5.74) is 2.82. The van der Waals surface area contributed by atoms with Crippen LogP contribution in [0.4, 0.5) is 0 Å². The molecule has 0 N–H and O–H groups in total. The molecule has 0 aliphatic rings. The lowest BCUT2D eigenvalue weighted by molar-refractivity contribution is 1.21. The Morgan fingerprint density at radius 2 is 2.36 bits per heavy atom. The van der Waals surface area contributed by atoms with Gasteiger partial charge in [-0.25, -0.2) is 0 Å². The van der Waals surface area contributed by atoms with Crippen LogP contribution in [-0.4, -0.2) is 12.3 Å². The molecule has 11 heavy (non-hydrogen) atoms. The van der Waals surface area contributed by atoms with Crippen molar-refractivity contribution in [2.24, 2.45) is 0 Å². The van der Waals surface area contributed by atoms with Gasteiger partial charge in [-0.2, -0.15) is 5.26 Å². The largest absolute Gasteiger partial charge is 0.261 e. The van der Waals surface area contributed by atoms with Gasteiger partial charge in [0.25, 0.3) is 0 Å². The van der Waals surface area contributed by atoms with Crippen LogP contribution in [0.15, 0.2) is 12.3 Å². The van der Waals surface area contributed by atoms with Crippen molar-refractivity contribution in [3.05, 3.63) is 23.5 Å². The Balaban J connectivity index is 3.15. The lowest BCUT2D eigenvalue weighted by Crippen LogP contribution is -2.16. The molecule has 0 aliphatic carbocycles. The second-order valence-electron chi connectivity index (χ2n) is 2.43. The van der Waals surface area contributed by atoms with Gasteiger partial charge in [-0.05, 0) is 13.0 Å². The highest BCUT2D eigenvalue weighted by molar-refractivity contribution is 6.52. The Labute approximate surface area is 67.1 Å². The molecule has 1 heterocycles. The third-order valence-electron chi connectivity index (χ3n) is 1.70. The smallest absolute Gasteiger partial charge is 0.157 e. The molecule has 0 aromatic carbocycles. The minimum absolute atomic E-state index is 0.646. The van der Waals surface area contributed by atoms with Crippen LogP contribution in [0.5, 0.6) is 0 Å². The maximum atomic E-state index is 8.56. The highest BCUT2D eigenvalue weighted by atomic mass is 14.7. The molecule has 0 unspecified atom stereocenters. The van der Waals surface area contributed by atoms with Crippen molar-refractivity contribution in [2.45, 2.75) is 13.7 Å². The highest BCUT2D eigenvalue weighted by Crippen LogP contribution is 1.93. The van der Waals surface area contributed by atoms with Gasteiger partial charge in [0.1, 0.15) is 6.07 Å². The van der Waals surface area contributed by atoms with Crippen LogP contribution < -0.4 is 5.46 Å². The van der Waals surface area contributed by atoms with E-state index >= 15 is 0 Å². The first kappa shape index (κ1) is 7.81. The average molecular weight is 144 g/mol. The molecule has 1 aromatic heterocycles. The van der Waals surface area contributed by atoms with E-state index in [2.05, 4.69) is 17.9 Å². The van der Waals surface area contributed by atoms with Gasteiger partial charge >= 0.3 is 0 Å². The maximum Gasteiger partial charge on any atom is 0.157 e. The van der Waals surface area contributed by atoms with Crippen molar-refractivity contribution in [1.82, 2.24) is 4.98 Å². The maximum absolute atomic E-state index is 8.56. The van der Waals surface area contributed by atoms with Gasteiger partial charge in [-0.1, -0.05) is 12.3 Å². The van der Waals surface area contributed by atoms with Crippen LogP contribution >= 0.6 is 0 Å². The molecule has 3 heteroatoms. The molecule has 0 bridgehead atoms. The van der Waals surface area contributed by atoms with Crippen LogP contribution in [0.1, 0.15) is 11.3 Å². The van der Waals surface area contributed by atoms with Crippen LogP contribution in [0.2, 0.25) is 6.82 Å². The summed E-state index contributed by atoms with van der Waals surface area (Å²) in [6.45, 7) is 4.02. The van der Waals surface area contributed by atoms with Crippen LogP contribution in [0.3, 0.4) is 0 Å². The fourth-order valence-electron chi connectivity index (χ4n) is 0.998. The average Bonchev–Trinajstić information content (AvgIpc) is 2.05. The Morgan fingerprint density at radius 1 is 1.64 bits per heavy atom. The van der Waals surface area contributed by atoms with E-state index in [1.165, 1.54) is 0 Å². The van der Waals surface area contributed by atoms with Crippen molar-refractivity contribution >= 4 is 12.7 Å². The Bertz CT molecular complexity index is 301. The van der Waals surface area contributed by atoms with Gasteiger partial charge in [0.2, 0.25) is 0 Å². The standard InChI is InChI=1S/C8H9BN2/c1-6-8(9-2)3-7(4-10)5-11-6/h3,5,9H,1-2H3. The van der Waals surface area contributed by atoms with Crippen molar-refractivity contribution in [2.75, 3.05) is 0 Å². The zero-order valence-electron chi connectivity index (χ0n) is 6.76. The molecule has 0 saturated carbocycles. The summed E-state index contributed by atoms with van der Waals surface area (Å²) in [6.07, 6.45) is 1.61. The molecule has 0 radical (unpaired) electrons. The number of nitriles is 1.